The Hall–Kier alpha value is -1.57. The third kappa shape index (κ3) is 2.84. The molecule has 2 aromatic rings. The first-order valence-corrected chi connectivity index (χ1v) is 9.21. The smallest absolute Gasteiger partial charge is 0.258 e. The molecule has 0 unspecified atom stereocenters. The Morgan fingerprint density at radius 3 is 2.50 bits per heavy atom. The maximum absolute atomic E-state index is 12.2. The van der Waals surface area contributed by atoms with Crippen LogP contribution in [0, 0.1) is 10.1 Å². The lowest BCUT2D eigenvalue weighted by Crippen LogP contribution is -2.01. The molecule has 22 heavy (non-hydrogen) atoms. The van der Waals surface area contributed by atoms with Crippen LogP contribution in [0.4, 0.5) is 5.69 Å². The van der Waals surface area contributed by atoms with Crippen molar-refractivity contribution in [2.45, 2.75) is 15.0 Å². The number of hydrogen-bond donors (Lipinski definition) is 0. The summed E-state index contributed by atoms with van der Waals surface area (Å²) >= 11 is 7.24. The van der Waals surface area contributed by atoms with Crippen LogP contribution in [0.15, 0.2) is 52.3 Å². The standard InChI is InChI=1S/C14H10ClNO4S2/c15-9-1-4-11(5-2-9)21-13-8-22(19,20)14-7-10(16(17)18)3-6-12(13)14/h1-7,13H,8H2/t13-/m1/s1. The molecule has 0 radical (unpaired) electrons. The van der Waals surface area contributed by atoms with Gasteiger partial charge in [0.2, 0.25) is 0 Å². The average molecular weight is 356 g/mol. The molecule has 1 aliphatic heterocycles. The first kappa shape index (κ1) is 15.3. The van der Waals surface area contributed by atoms with E-state index in [1.807, 2.05) is 12.1 Å². The van der Waals surface area contributed by atoms with Gasteiger partial charge in [0.05, 0.1) is 20.8 Å². The molecule has 0 saturated heterocycles. The van der Waals surface area contributed by atoms with Gasteiger partial charge in [0.15, 0.2) is 9.84 Å². The van der Waals surface area contributed by atoms with E-state index in [1.54, 1.807) is 12.1 Å². The van der Waals surface area contributed by atoms with Gasteiger partial charge in [-0.05, 0) is 35.9 Å². The molecule has 0 bridgehead atoms. The number of benzene rings is 2. The minimum atomic E-state index is -3.49. The Kier molecular flexibility index (Phi) is 3.88. The molecule has 2 aromatic carbocycles. The summed E-state index contributed by atoms with van der Waals surface area (Å²) in [6.45, 7) is 0. The fraction of sp³-hybridized carbons (Fsp3) is 0.143. The lowest BCUT2D eigenvalue weighted by molar-refractivity contribution is -0.385. The number of sulfone groups is 1. The first-order valence-electron chi connectivity index (χ1n) is 6.30. The molecule has 5 nitrogen and oxygen atoms in total. The number of nitro groups is 1. The van der Waals surface area contributed by atoms with Crippen molar-refractivity contribution in [3.63, 3.8) is 0 Å². The normalized spacial score (nSPS) is 18.9. The summed E-state index contributed by atoms with van der Waals surface area (Å²) in [6.07, 6.45) is 0. The van der Waals surface area contributed by atoms with E-state index in [0.29, 0.717) is 10.6 Å². The van der Waals surface area contributed by atoms with Gasteiger partial charge in [0.25, 0.3) is 5.69 Å². The number of thioether (sulfide) groups is 1. The van der Waals surface area contributed by atoms with Crippen LogP contribution in [0.5, 0.6) is 0 Å². The Morgan fingerprint density at radius 1 is 1.18 bits per heavy atom. The van der Waals surface area contributed by atoms with Crippen molar-refractivity contribution in [3.8, 4) is 0 Å². The Labute approximate surface area is 136 Å². The Morgan fingerprint density at radius 2 is 1.86 bits per heavy atom. The second kappa shape index (κ2) is 5.57. The van der Waals surface area contributed by atoms with E-state index >= 15 is 0 Å². The van der Waals surface area contributed by atoms with Crippen molar-refractivity contribution in [1.29, 1.82) is 0 Å². The van der Waals surface area contributed by atoms with Crippen LogP contribution in [0.1, 0.15) is 10.8 Å². The summed E-state index contributed by atoms with van der Waals surface area (Å²) in [7, 11) is -3.49. The zero-order valence-corrected chi connectivity index (χ0v) is 13.5. The number of nitro benzene ring substituents is 1. The van der Waals surface area contributed by atoms with Gasteiger partial charge in [0.1, 0.15) is 0 Å². The maximum Gasteiger partial charge on any atom is 0.270 e. The topological polar surface area (TPSA) is 77.3 Å². The van der Waals surface area contributed by atoms with Crippen LogP contribution < -0.4 is 0 Å². The predicted molar refractivity (Wildman–Crippen MR) is 85.2 cm³/mol. The van der Waals surface area contributed by atoms with Gasteiger partial charge in [0, 0.05) is 22.1 Å². The van der Waals surface area contributed by atoms with E-state index in [2.05, 4.69) is 0 Å². The monoisotopic (exact) mass is 355 g/mol. The van der Waals surface area contributed by atoms with Crippen LogP contribution in [0.25, 0.3) is 0 Å². The summed E-state index contributed by atoms with van der Waals surface area (Å²) in [5, 5.41) is 11.1. The minimum absolute atomic E-state index is 0.0587. The van der Waals surface area contributed by atoms with Crippen molar-refractivity contribution in [1.82, 2.24) is 0 Å². The highest BCUT2D eigenvalue weighted by Gasteiger charge is 2.36. The molecular weight excluding hydrogens is 346 g/mol. The lowest BCUT2D eigenvalue weighted by Gasteiger charge is -2.09. The van der Waals surface area contributed by atoms with Crippen molar-refractivity contribution in [2.75, 3.05) is 5.75 Å². The van der Waals surface area contributed by atoms with Crippen LogP contribution in [-0.4, -0.2) is 19.1 Å². The zero-order chi connectivity index (χ0) is 15.9. The molecule has 0 aromatic heterocycles. The number of non-ortho nitro benzene ring substituents is 1. The summed E-state index contributed by atoms with van der Waals surface area (Å²) in [5.41, 5.74) is 0.407. The largest absolute Gasteiger partial charge is 0.270 e. The number of nitrogens with zero attached hydrogens (tertiary/aromatic N) is 1. The molecule has 114 valence electrons. The van der Waals surface area contributed by atoms with E-state index in [4.69, 9.17) is 11.6 Å². The molecule has 1 atom stereocenters. The van der Waals surface area contributed by atoms with Gasteiger partial charge in [-0.3, -0.25) is 10.1 Å². The SMILES string of the molecule is O=[N+]([O-])c1ccc2c(c1)S(=O)(=O)C[C@H]2Sc1ccc(Cl)cc1. The third-order valence-electron chi connectivity index (χ3n) is 3.35. The predicted octanol–water partition coefficient (Wildman–Crippen LogP) is 3.87. The number of hydrogen-bond acceptors (Lipinski definition) is 5. The molecule has 1 aliphatic rings. The number of fused-ring (bicyclic) bond motifs is 1. The fourth-order valence-corrected chi connectivity index (χ4v) is 5.92. The maximum atomic E-state index is 12.2. The highest BCUT2D eigenvalue weighted by atomic mass is 35.5. The van der Waals surface area contributed by atoms with Gasteiger partial charge in [-0.25, -0.2) is 8.42 Å². The van der Waals surface area contributed by atoms with Crippen molar-refractivity contribution in [2.24, 2.45) is 0 Å². The Balaban J connectivity index is 1.97. The molecule has 8 heteroatoms. The van der Waals surface area contributed by atoms with Gasteiger partial charge >= 0.3 is 0 Å². The van der Waals surface area contributed by atoms with Gasteiger partial charge in [-0.2, -0.15) is 0 Å². The summed E-state index contributed by atoms with van der Waals surface area (Å²) in [5.74, 6) is -0.0587. The van der Waals surface area contributed by atoms with Gasteiger partial charge < -0.3 is 0 Å². The number of rotatable bonds is 3. The molecule has 1 heterocycles. The van der Waals surface area contributed by atoms with Crippen LogP contribution in [-0.2, 0) is 9.84 Å². The quantitative estimate of drug-likeness (QED) is 0.617. The van der Waals surface area contributed by atoms with E-state index in [9.17, 15) is 18.5 Å². The fourth-order valence-electron chi connectivity index (χ4n) is 2.33. The molecule has 0 fully saturated rings. The zero-order valence-electron chi connectivity index (χ0n) is 11.1. The summed E-state index contributed by atoms with van der Waals surface area (Å²) in [6, 6.07) is 11.1. The highest BCUT2D eigenvalue weighted by Crippen LogP contribution is 2.45. The third-order valence-corrected chi connectivity index (χ3v) is 6.86. The molecule has 0 amide bonds. The summed E-state index contributed by atoms with van der Waals surface area (Å²) < 4.78 is 24.5. The van der Waals surface area contributed by atoms with Gasteiger partial charge in [-0.1, -0.05) is 11.6 Å². The van der Waals surface area contributed by atoms with Crippen molar-refractivity contribution in [3.05, 3.63) is 63.2 Å². The van der Waals surface area contributed by atoms with E-state index < -0.39 is 14.8 Å². The molecule has 0 N–H and O–H groups in total. The Bertz CT molecular complexity index is 850. The van der Waals surface area contributed by atoms with Crippen LogP contribution >= 0.6 is 23.4 Å². The molecule has 3 rings (SSSR count). The average Bonchev–Trinajstić information content (AvgIpc) is 2.72. The van der Waals surface area contributed by atoms with Crippen LogP contribution in [0.2, 0.25) is 5.02 Å². The van der Waals surface area contributed by atoms with E-state index in [-0.39, 0.29) is 21.6 Å². The van der Waals surface area contributed by atoms with Gasteiger partial charge in [-0.15, -0.1) is 11.8 Å². The minimum Gasteiger partial charge on any atom is -0.258 e. The lowest BCUT2D eigenvalue weighted by atomic mass is 10.1. The summed E-state index contributed by atoms with van der Waals surface area (Å²) in [4.78, 5) is 11.2. The second-order valence-electron chi connectivity index (χ2n) is 4.82. The van der Waals surface area contributed by atoms with Crippen molar-refractivity contribution >= 4 is 38.9 Å². The number of halogens is 1. The van der Waals surface area contributed by atoms with E-state index in [0.717, 1.165) is 11.0 Å². The highest BCUT2D eigenvalue weighted by molar-refractivity contribution is 8.01. The molecular formula is C14H10ClNO4S2. The molecule has 0 spiro atoms. The van der Waals surface area contributed by atoms with E-state index in [1.165, 1.54) is 23.9 Å². The van der Waals surface area contributed by atoms with Crippen LogP contribution in [0.3, 0.4) is 0 Å². The molecule has 0 aliphatic carbocycles. The first-order chi connectivity index (χ1) is 10.4. The molecule has 0 saturated carbocycles. The second-order valence-corrected chi connectivity index (χ2v) is 8.54. The van der Waals surface area contributed by atoms with Crippen molar-refractivity contribution < 1.29 is 13.3 Å².